The summed E-state index contributed by atoms with van der Waals surface area (Å²) in [5.41, 5.74) is 10.1. The summed E-state index contributed by atoms with van der Waals surface area (Å²) >= 11 is 0. The summed E-state index contributed by atoms with van der Waals surface area (Å²) < 4.78 is 0. The van der Waals surface area contributed by atoms with E-state index in [1.165, 1.54) is 132 Å². The minimum Gasteiger partial charge on any atom is -0.254 e. The lowest BCUT2D eigenvalue weighted by Crippen LogP contribution is -2.13. The molecule has 2 heteroatoms. The lowest BCUT2D eigenvalue weighted by molar-refractivity contribution is 0.657. The monoisotopic (exact) mass is 506 g/mol. The second-order valence-electron chi connectivity index (χ2n) is 11.1. The number of nitrogens with zero attached hydrogens (tertiary/aromatic N) is 2. The van der Waals surface area contributed by atoms with Crippen LogP contribution in [0.4, 0.5) is 0 Å². The first-order chi connectivity index (χ1) is 18.2. The van der Waals surface area contributed by atoms with Crippen LogP contribution < -0.4 is 0 Å². The van der Waals surface area contributed by atoms with E-state index in [-0.39, 0.29) is 0 Å². The van der Waals surface area contributed by atoms with Crippen molar-refractivity contribution < 1.29 is 0 Å². The summed E-state index contributed by atoms with van der Waals surface area (Å²) in [5.74, 6) is 0. The number of unbranched alkanes of at least 4 members (excludes halogenated alkanes) is 10. The second-order valence-corrected chi connectivity index (χ2v) is 11.1. The Kier molecular flexibility index (Phi) is 16.5. The Morgan fingerprint density at radius 1 is 0.486 bits per heavy atom. The van der Waals surface area contributed by atoms with Crippen LogP contribution in [0.2, 0.25) is 0 Å². The summed E-state index contributed by atoms with van der Waals surface area (Å²) in [7, 11) is 0. The fourth-order valence-electron chi connectivity index (χ4n) is 5.65. The zero-order chi connectivity index (χ0) is 26.7. The van der Waals surface area contributed by atoms with Crippen molar-refractivity contribution in [3.8, 4) is 11.4 Å². The number of pyridine rings is 2. The van der Waals surface area contributed by atoms with Crippen LogP contribution in [0.25, 0.3) is 11.4 Å². The maximum Gasteiger partial charge on any atom is 0.0927 e. The minimum atomic E-state index is 1.11. The van der Waals surface area contributed by atoms with Gasteiger partial charge in [-0.2, -0.15) is 0 Å². The molecule has 0 radical (unpaired) electrons. The molecule has 0 unspecified atom stereocenters. The van der Waals surface area contributed by atoms with Gasteiger partial charge in [-0.05, 0) is 92.5 Å². The maximum atomic E-state index is 5.59. The van der Waals surface area contributed by atoms with Crippen molar-refractivity contribution >= 4 is 0 Å². The van der Waals surface area contributed by atoms with Crippen molar-refractivity contribution in [3.05, 3.63) is 46.3 Å². The summed E-state index contributed by atoms with van der Waals surface area (Å²) in [4.78, 5) is 10.6. The van der Waals surface area contributed by atoms with Crippen molar-refractivity contribution in [1.29, 1.82) is 0 Å². The predicted molar refractivity (Wildman–Crippen MR) is 164 cm³/mol. The minimum absolute atomic E-state index is 1.11. The Labute approximate surface area is 230 Å². The Morgan fingerprint density at radius 3 is 1.54 bits per heavy atom. The molecule has 0 aromatic carbocycles. The van der Waals surface area contributed by atoms with Crippen LogP contribution in [0.15, 0.2) is 18.3 Å². The number of hydrogen-bond donors (Lipinski definition) is 0. The fraction of sp³-hybridized carbons (Fsp3) is 0.714. The zero-order valence-corrected chi connectivity index (χ0v) is 25.3. The third kappa shape index (κ3) is 10.5. The summed E-state index contributed by atoms with van der Waals surface area (Å²) in [5, 5.41) is 0. The number of rotatable bonds is 21. The Hall–Kier alpha value is -1.70. The van der Waals surface area contributed by atoms with E-state index < -0.39 is 0 Å². The largest absolute Gasteiger partial charge is 0.254 e. The Balaban J connectivity index is 2.70. The SMILES string of the molecule is CCCCCc1cccnc1-c1nc(CCCCC)c(CCCCC)c(CCCCC)c1CCCCC. The molecule has 0 bridgehead atoms. The van der Waals surface area contributed by atoms with Crippen LogP contribution in [-0.2, 0) is 32.1 Å². The third-order valence-corrected chi connectivity index (χ3v) is 7.88. The molecule has 2 aromatic rings. The van der Waals surface area contributed by atoms with Gasteiger partial charge >= 0.3 is 0 Å². The number of aromatic nitrogens is 2. The topological polar surface area (TPSA) is 25.8 Å². The molecule has 0 amide bonds. The molecule has 37 heavy (non-hydrogen) atoms. The third-order valence-electron chi connectivity index (χ3n) is 7.88. The summed E-state index contributed by atoms with van der Waals surface area (Å²) in [6.07, 6.45) is 27.0. The molecule has 0 aliphatic carbocycles. The molecule has 2 nitrogen and oxygen atoms in total. The van der Waals surface area contributed by atoms with Gasteiger partial charge < -0.3 is 0 Å². The Morgan fingerprint density at radius 2 is 0.973 bits per heavy atom. The molecule has 0 saturated heterocycles. The molecule has 2 aromatic heterocycles. The normalized spacial score (nSPS) is 11.4. The van der Waals surface area contributed by atoms with E-state index in [2.05, 4.69) is 46.8 Å². The van der Waals surface area contributed by atoms with Gasteiger partial charge in [0, 0.05) is 11.9 Å². The van der Waals surface area contributed by atoms with Gasteiger partial charge in [0.05, 0.1) is 11.4 Å². The molecule has 2 rings (SSSR count). The highest BCUT2D eigenvalue weighted by molar-refractivity contribution is 5.66. The molecule has 0 aliphatic heterocycles. The van der Waals surface area contributed by atoms with Crippen LogP contribution in [0.5, 0.6) is 0 Å². The van der Waals surface area contributed by atoms with Gasteiger partial charge in [-0.25, -0.2) is 0 Å². The van der Waals surface area contributed by atoms with Crippen LogP contribution in [0.3, 0.4) is 0 Å². The van der Waals surface area contributed by atoms with E-state index in [0.29, 0.717) is 0 Å². The smallest absolute Gasteiger partial charge is 0.0927 e. The van der Waals surface area contributed by atoms with Crippen molar-refractivity contribution in [2.24, 2.45) is 0 Å². The highest BCUT2D eigenvalue weighted by Crippen LogP contribution is 2.34. The predicted octanol–water partition coefficient (Wildman–Crippen LogP) is 10.8. The van der Waals surface area contributed by atoms with Crippen LogP contribution in [-0.4, -0.2) is 9.97 Å². The lowest BCUT2D eigenvalue weighted by atomic mass is 9.86. The van der Waals surface area contributed by atoms with E-state index in [1.54, 1.807) is 16.7 Å². The van der Waals surface area contributed by atoms with E-state index in [4.69, 9.17) is 9.97 Å². The molecule has 0 fully saturated rings. The van der Waals surface area contributed by atoms with E-state index in [0.717, 1.165) is 19.3 Å². The van der Waals surface area contributed by atoms with E-state index >= 15 is 0 Å². The van der Waals surface area contributed by atoms with Crippen molar-refractivity contribution in [1.82, 2.24) is 9.97 Å². The molecule has 208 valence electrons. The van der Waals surface area contributed by atoms with Crippen molar-refractivity contribution in [2.45, 2.75) is 163 Å². The highest BCUT2D eigenvalue weighted by atomic mass is 14.8. The van der Waals surface area contributed by atoms with Gasteiger partial charge in [0.1, 0.15) is 0 Å². The summed E-state index contributed by atoms with van der Waals surface area (Å²) in [6, 6.07) is 4.45. The average molecular weight is 507 g/mol. The second kappa shape index (κ2) is 19.4. The molecule has 0 atom stereocenters. The van der Waals surface area contributed by atoms with Crippen molar-refractivity contribution in [2.75, 3.05) is 0 Å². The first-order valence-electron chi connectivity index (χ1n) is 16.2. The average Bonchev–Trinajstić information content (AvgIpc) is 2.91. The molecule has 0 saturated carbocycles. The zero-order valence-electron chi connectivity index (χ0n) is 25.3. The number of aryl methyl sites for hydroxylation is 2. The van der Waals surface area contributed by atoms with E-state index in [1.807, 2.05) is 6.20 Å². The molecular formula is C35H58N2. The Bertz CT molecular complexity index is 870. The van der Waals surface area contributed by atoms with E-state index in [9.17, 15) is 0 Å². The van der Waals surface area contributed by atoms with Gasteiger partial charge in [0.2, 0.25) is 0 Å². The first kappa shape index (κ1) is 31.5. The highest BCUT2D eigenvalue weighted by Gasteiger charge is 2.22. The molecular weight excluding hydrogens is 448 g/mol. The fourth-order valence-corrected chi connectivity index (χ4v) is 5.65. The standard InChI is InChI=1S/C35H58N2/c1-6-11-16-22-29-23-21-28-36-34(29)35-32(26-19-14-9-4)30(24-17-12-7-2)31(25-18-13-8-3)33(37-35)27-20-15-10-5/h21,23,28H,6-20,22,24-27H2,1-5H3. The van der Waals surface area contributed by atoms with Crippen LogP contribution in [0, 0.1) is 0 Å². The maximum absolute atomic E-state index is 5.59. The molecule has 0 spiro atoms. The van der Waals surface area contributed by atoms with Gasteiger partial charge in [0.15, 0.2) is 0 Å². The van der Waals surface area contributed by atoms with Gasteiger partial charge in [-0.1, -0.05) is 105 Å². The quantitative estimate of drug-likeness (QED) is 0.157. The van der Waals surface area contributed by atoms with Gasteiger partial charge in [-0.15, -0.1) is 0 Å². The van der Waals surface area contributed by atoms with Crippen molar-refractivity contribution in [3.63, 3.8) is 0 Å². The molecule has 0 aliphatic rings. The van der Waals surface area contributed by atoms with Gasteiger partial charge in [0.25, 0.3) is 0 Å². The van der Waals surface area contributed by atoms with Crippen LogP contribution in [0.1, 0.15) is 159 Å². The number of hydrogen-bond acceptors (Lipinski definition) is 2. The lowest BCUT2D eigenvalue weighted by Gasteiger charge is -2.23. The van der Waals surface area contributed by atoms with Crippen LogP contribution >= 0.6 is 0 Å². The van der Waals surface area contributed by atoms with Gasteiger partial charge in [-0.3, -0.25) is 9.97 Å². The summed E-state index contributed by atoms with van der Waals surface area (Å²) in [6.45, 7) is 11.6. The first-order valence-corrected chi connectivity index (χ1v) is 16.2. The molecule has 2 heterocycles. The molecule has 0 N–H and O–H groups in total.